The second-order valence-electron chi connectivity index (χ2n) is 6.59. The monoisotopic (exact) mass is 400 g/mol. The minimum atomic E-state index is -0.569. The number of hydrogen-bond acceptors (Lipinski definition) is 6. The van der Waals surface area contributed by atoms with Crippen LogP contribution in [0.5, 0.6) is 5.75 Å². The lowest BCUT2D eigenvalue weighted by molar-refractivity contribution is -0.384. The van der Waals surface area contributed by atoms with Gasteiger partial charge in [0, 0.05) is 23.3 Å². The molecule has 0 atom stereocenters. The number of nitrogens with zero attached hydrogens (tertiary/aromatic N) is 4. The number of aromatic hydroxyl groups is 1. The van der Waals surface area contributed by atoms with E-state index in [0.717, 1.165) is 11.3 Å². The third kappa shape index (κ3) is 3.66. The Hall–Kier alpha value is -4.33. The van der Waals surface area contributed by atoms with Crippen LogP contribution in [-0.2, 0) is 11.3 Å². The lowest BCUT2D eigenvalue weighted by Crippen LogP contribution is -2.29. The number of carbonyl (C=O) groups excluding carboxylic acids is 1. The highest BCUT2D eigenvalue weighted by atomic mass is 16.6. The van der Waals surface area contributed by atoms with E-state index >= 15 is 0 Å². The molecule has 0 fully saturated rings. The quantitative estimate of drug-likeness (QED) is 0.400. The number of anilines is 1. The van der Waals surface area contributed by atoms with Gasteiger partial charge in [0.25, 0.3) is 11.6 Å². The molecule has 0 radical (unpaired) electrons. The van der Waals surface area contributed by atoms with Crippen molar-refractivity contribution in [1.29, 1.82) is 0 Å². The molecule has 0 aliphatic carbocycles. The minimum Gasteiger partial charge on any atom is -0.507 e. The number of phenols is 1. The average molecular weight is 400 g/mol. The Morgan fingerprint density at radius 2 is 1.77 bits per heavy atom. The smallest absolute Gasteiger partial charge is 0.279 e. The number of amides is 1. The molecule has 1 amide bonds. The number of carbonyl (C=O) groups is 1. The molecule has 0 saturated carbocycles. The summed E-state index contributed by atoms with van der Waals surface area (Å²) in [7, 11) is 0. The fourth-order valence-electron chi connectivity index (χ4n) is 3.19. The largest absolute Gasteiger partial charge is 0.507 e. The average Bonchev–Trinajstić information content (AvgIpc) is 3.01. The van der Waals surface area contributed by atoms with Crippen molar-refractivity contribution in [2.24, 2.45) is 10.2 Å². The minimum absolute atomic E-state index is 0.133. The second-order valence-corrected chi connectivity index (χ2v) is 6.59. The first-order valence-electron chi connectivity index (χ1n) is 9.08. The van der Waals surface area contributed by atoms with Crippen LogP contribution >= 0.6 is 0 Å². The van der Waals surface area contributed by atoms with Crippen LogP contribution < -0.4 is 4.90 Å². The van der Waals surface area contributed by atoms with Crippen LogP contribution in [0.15, 0.2) is 83.0 Å². The van der Waals surface area contributed by atoms with Crippen LogP contribution in [0, 0.1) is 10.1 Å². The number of nitro benzene ring substituents is 1. The molecule has 30 heavy (non-hydrogen) atoms. The Kier molecular flexibility index (Phi) is 5.04. The molecule has 0 saturated heterocycles. The molecule has 148 valence electrons. The third-order valence-corrected chi connectivity index (χ3v) is 4.66. The van der Waals surface area contributed by atoms with Crippen LogP contribution in [0.2, 0.25) is 0 Å². The zero-order valence-corrected chi connectivity index (χ0v) is 15.7. The van der Waals surface area contributed by atoms with Gasteiger partial charge in [0.15, 0.2) is 5.71 Å². The van der Waals surface area contributed by atoms with Crippen molar-refractivity contribution in [3.63, 3.8) is 0 Å². The van der Waals surface area contributed by atoms with Crippen molar-refractivity contribution in [1.82, 2.24) is 0 Å². The van der Waals surface area contributed by atoms with Gasteiger partial charge in [-0.1, -0.05) is 48.5 Å². The van der Waals surface area contributed by atoms with Crippen molar-refractivity contribution in [3.05, 3.63) is 99.6 Å². The van der Waals surface area contributed by atoms with Gasteiger partial charge in [0.05, 0.1) is 23.4 Å². The Labute approximate surface area is 171 Å². The van der Waals surface area contributed by atoms with E-state index in [2.05, 4.69) is 10.2 Å². The van der Waals surface area contributed by atoms with Crippen LogP contribution in [-0.4, -0.2) is 27.9 Å². The summed E-state index contributed by atoms with van der Waals surface area (Å²) in [6.07, 6.45) is 1.19. The zero-order valence-electron chi connectivity index (χ0n) is 15.7. The predicted molar refractivity (Wildman–Crippen MR) is 113 cm³/mol. The van der Waals surface area contributed by atoms with E-state index in [1.54, 1.807) is 11.0 Å². The van der Waals surface area contributed by atoms with E-state index in [4.69, 9.17) is 0 Å². The molecule has 0 bridgehead atoms. The molecular formula is C22H16N4O4. The first-order chi connectivity index (χ1) is 14.5. The highest BCUT2D eigenvalue weighted by molar-refractivity contribution is 6.54. The summed E-state index contributed by atoms with van der Waals surface area (Å²) in [6.45, 7) is 0.394. The number of phenolic OH excluding ortho intramolecular Hbond substituents is 1. The summed E-state index contributed by atoms with van der Waals surface area (Å²) in [6, 6.07) is 20.5. The zero-order chi connectivity index (χ0) is 21.1. The molecule has 4 rings (SSSR count). The molecule has 3 aromatic rings. The number of hydrogen-bond donors (Lipinski definition) is 1. The highest BCUT2D eigenvalue weighted by Crippen LogP contribution is 2.30. The van der Waals surface area contributed by atoms with Crippen LogP contribution in [0.1, 0.15) is 16.7 Å². The summed E-state index contributed by atoms with van der Waals surface area (Å²) in [4.78, 5) is 25.0. The van der Waals surface area contributed by atoms with E-state index in [1.165, 1.54) is 24.4 Å². The van der Waals surface area contributed by atoms with Crippen molar-refractivity contribution in [2.45, 2.75) is 6.54 Å². The maximum atomic E-state index is 13.0. The van der Waals surface area contributed by atoms with Crippen molar-refractivity contribution in [3.8, 4) is 5.75 Å². The molecule has 1 N–H and O–H groups in total. The molecule has 1 aliphatic rings. The Morgan fingerprint density at radius 3 is 2.53 bits per heavy atom. The molecule has 3 aromatic carbocycles. The van der Waals surface area contributed by atoms with Crippen molar-refractivity contribution < 1.29 is 14.8 Å². The molecular weight excluding hydrogens is 384 g/mol. The van der Waals surface area contributed by atoms with Gasteiger partial charge >= 0.3 is 0 Å². The number of benzene rings is 3. The molecule has 8 nitrogen and oxygen atoms in total. The SMILES string of the molecule is O=C1C(=N/N=C/c2cc([N+](=O)[O-])ccc2O)c2ccccc2N1Cc1ccccc1. The normalized spacial score (nSPS) is 14.5. The molecule has 0 aromatic heterocycles. The van der Waals surface area contributed by atoms with E-state index < -0.39 is 4.92 Å². The summed E-state index contributed by atoms with van der Waals surface area (Å²) >= 11 is 0. The Balaban J connectivity index is 1.65. The predicted octanol–water partition coefficient (Wildman–Crippen LogP) is 3.67. The number of nitro groups is 1. The van der Waals surface area contributed by atoms with Crippen LogP contribution in [0.25, 0.3) is 0 Å². The van der Waals surface area contributed by atoms with Gasteiger partial charge in [0.2, 0.25) is 0 Å². The van der Waals surface area contributed by atoms with Gasteiger partial charge in [-0.25, -0.2) is 0 Å². The molecule has 1 aliphatic heterocycles. The van der Waals surface area contributed by atoms with Crippen molar-refractivity contribution >= 4 is 29.2 Å². The fraction of sp³-hybridized carbons (Fsp3) is 0.0455. The lowest BCUT2D eigenvalue weighted by Gasteiger charge is -2.16. The molecule has 0 unspecified atom stereocenters. The first-order valence-corrected chi connectivity index (χ1v) is 9.08. The maximum absolute atomic E-state index is 13.0. The molecule has 1 heterocycles. The van der Waals surface area contributed by atoms with Gasteiger partial charge in [-0.05, 0) is 17.7 Å². The summed E-state index contributed by atoms with van der Waals surface area (Å²) in [5.74, 6) is -0.464. The van der Waals surface area contributed by atoms with Gasteiger partial charge in [-0.3, -0.25) is 14.9 Å². The lowest BCUT2D eigenvalue weighted by atomic mass is 10.1. The van der Waals surface area contributed by atoms with E-state index in [0.29, 0.717) is 12.1 Å². The van der Waals surface area contributed by atoms with E-state index in [9.17, 15) is 20.0 Å². The van der Waals surface area contributed by atoms with Gasteiger partial charge in [0.1, 0.15) is 5.75 Å². The van der Waals surface area contributed by atoms with Gasteiger partial charge < -0.3 is 10.0 Å². The van der Waals surface area contributed by atoms with Gasteiger partial charge in [-0.2, -0.15) is 5.10 Å². The Morgan fingerprint density at radius 1 is 1.03 bits per heavy atom. The topological polar surface area (TPSA) is 108 Å². The fourth-order valence-corrected chi connectivity index (χ4v) is 3.19. The van der Waals surface area contributed by atoms with Crippen LogP contribution in [0.3, 0.4) is 0 Å². The highest BCUT2D eigenvalue weighted by Gasteiger charge is 2.33. The summed E-state index contributed by atoms with van der Waals surface area (Å²) in [5, 5.41) is 28.8. The van der Waals surface area contributed by atoms with E-state index in [1.807, 2.05) is 48.5 Å². The number of non-ortho nitro benzene ring substituents is 1. The van der Waals surface area contributed by atoms with Gasteiger partial charge in [-0.15, -0.1) is 5.10 Å². The molecule has 8 heteroatoms. The summed E-state index contributed by atoms with van der Waals surface area (Å²) in [5.41, 5.74) is 2.48. The molecule has 0 spiro atoms. The number of rotatable bonds is 5. The van der Waals surface area contributed by atoms with Crippen LogP contribution in [0.4, 0.5) is 11.4 Å². The maximum Gasteiger partial charge on any atom is 0.279 e. The Bertz CT molecular complexity index is 1190. The van der Waals surface area contributed by atoms with Crippen molar-refractivity contribution in [2.75, 3.05) is 4.90 Å². The number of fused-ring (bicyclic) bond motifs is 1. The first kappa shape index (κ1) is 19.0. The van der Waals surface area contributed by atoms with E-state index in [-0.39, 0.29) is 28.6 Å². The third-order valence-electron chi connectivity index (χ3n) is 4.66. The second kappa shape index (κ2) is 7.96. The summed E-state index contributed by atoms with van der Waals surface area (Å²) < 4.78 is 0. The number of para-hydroxylation sites is 1. The standard InChI is InChI=1S/C22H16N4O4/c27-20-11-10-17(26(29)30)12-16(20)13-23-24-21-18-8-4-5-9-19(18)25(22(21)28)14-15-6-2-1-3-7-15/h1-13,27H,14H2/b23-13+,24-21?.